The van der Waals surface area contributed by atoms with Crippen LogP contribution < -0.4 is 15.0 Å². The van der Waals surface area contributed by atoms with E-state index in [4.69, 9.17) is 4.74 Å². The molecule has 0 saturated heterocycles. The maximum atomic E-state index is 12.1. The normalized spacial score (nSPS) is 13.4. The number of amides is 1. The second kappa shape index (κ2) is 7.39. The molecule has 4 nitrogen and oxygen atoms in total. The van der Waals surface area contributed by atoms with Crippen molar-refractivity contribution in [3.63, 3.8) is 0 Å². The number of carbonyl (C=O) groups is 1. The molecule has 1 heterocycles. The highest BCUT2D eigenvalue weighted by Crippen LogP contribution is 2.33. The lowest BCUT2D eigenvalue weighted by Crippen LogP contribution is -2.39. The molecule has 0 unspecified atom stereocenters. The molecule has 0 radical (unpaired) electrons. The number of para-hydroxylation sites is 1. The van der Waals surface area contributed by atoms with Crippen molar-refractivity contribution < 1.29 is 9.53 Å². The Morgan fingerprint density at radius 1 is 1.21 bits per heavy atom. The van der Waals surface area contributed by atoms with Crippen molar-refractivity contribution in [3.8, 4) is 5.75 Å². The van der Waals surface area contributed by atoms with Crippen molar-refractivity contribution >= 4 is 17.3 Å². The zero-order valence-corrected chi connectivity index (χ0v) is 14.3. The van der Waals surface area contributed by atoms with Crippen molar-refractivity contribution in [2.75, 3.05) is 23.4 Å². The van der Waals surface area contributed by atoms with Crippen LogP contribution in [0.3, 0.4) is 0 Å². The van der Waals surface area contributed by atoms with Gasteiger partial charge in [-0.2, -0.15) is 0 Å². The maximum absolute atomic E-state index is 12.1. The van der Waals surface area contributed by atoms with Crippen LogP contribution in [-0.4, -0.2) is 19.1 Å². The van der Waals surface area contributed by atoms with Gasteiger partial charge >= 0.3 is 0 Å². The molecule has 0 aromatic heterocycles. The van der Waals surface area contributed by atoms with Gasteiger partial charge in [0.25, 0.3) is 5.91 Å². The maximum Gasteiger partial charge on any atom is 0.265 e. The number of aryl methyl sites for hydroxylation is 1. The molecule has 0 spiro atoms. The van der Waals surface area contributed by atoms with Crippen molar-refractivity contribution in [1.29, 1.82) is 0 Å². The third-order valence-electron chi connectivity index (χ3n) is 4.33. The minimum absolute atomic E-state index is 0.0433. The average Bonchev–Trinajstić information content (AvgIpc) is 2.60. The molecule has 0 atom stereocenters. The first-order chi connectivity index (χ1) is 11.7. The summed E-state index contributed by atoms with van der Waals surface area (Å²) in [7, 11) is 0. The van der Waals surface area contributed by atoms with E-state index in [1.165, 1.54) is 5.56 Å². The number of hydrogen-bond donors (Lipinski definition) is 1. The summed E-state index contributed by atoms with van der Waals surface area (Å²) < 4.78 is 5.64. The Balaban J connectivity index is 1.74. The van der Waals surface area contributed by atoms with E-state index in [2.05, 4.69) is 37.4 Å². The Bertz CT molecular complexity index is 727. The highest BCUT2D eigenvalue weighted by Gasteiger charge is 2.25. The van der Waals surface area contributed by atoms with Gasteiger partial charge in [0, 0.05) is 18.8 Å². The van der Waals surface area contributed by atoms with Crippen molar-refractivity contribution in [1.82, 2.24) is 0 Å². The first-order valence-corrected chi connectivity index (χ1v) is 8.54. The average molecular weight is 324 g/mol. The largest absolute Gasteiger partial charge is 0.482 e. The number of nitrogens with one attached hydrogen (secondary N) is 1. The molecule has 24 heavy (non-hydrogen) atoms. The van der Waals surface area contributed by atoms with E-state index < -0.39 is 0 Å². The van der Waals surface area contributed by atoms with E-state index in [0.29, 0.717) is 0 Å². The molecule has 0 saturated carbocycles. The number of unbranched alkanes of at least 4 members (excludes halogenated alkanes) is 1. The van der Waals surface area contributed by atoms with Crippen LogP contribution in [-0.2, 0) is 11.3 Å². The standard InChI is InChI=1S/C20H24N2O2/c1-3-4-11-22-18-10-9-16(12-19(18)24-14-20(22)23)13-21-17-8-6-5-7-15(17)2/h5-10,12,21H,3-4,11,13-14H2,1-2H3. The fourth-order valence-electron chi connectivity index (χ4n) is 2.89. The molecule has 2 aromatic rings. The summed E-state index contributed by atoms with van der Waals surface area (Å²) in [5, 5.41) is 3.45. The zero-order chi connectivity index (χ0) is 16.9. The Morgan fingerprint density at radius 2 is 2.04 bits per heavy atom. The van der Waals surface area contributed by atoms with E-state index in [1.807, 2.05) is 29.2 Å². The second-order valence-electron chi connectivity index (χ2n) is 6.16. The van der Waals surface area contributed by atoms with Gasteiger partial charge in [-0.25, -0.2) is 0 Å². The lowest BCUT2D eigenvalue weighted by atomic mass is 10.1. The monoisotopic (exact) mass is 324 g/mol. The van der Waals surface area contributed by atoms with Gasteiger partial charge in [0.15, 0.2) is 6.61 Å². The van der Waals surface area contributed by atoms with Gasteiger partial charge in [-0.15, -0.1) is 0 Å². The lowest BCUT2D eigenvalue weighted by molar-refractivity contribution is -0.121. The van der Waals surface area contributed by atoms with Gasteiger partial charge in [-0.05, 0) is 42.7 Å². The van der Waals surface area contributed by atoms with Gasteiger partial charge < -0.3 is 15.0 Å². The van der Waals surface area contributed by atoms with Gasteiger partial charge in [-0.1, -0.05) is 37.6 Å². The molecule has 1 aliphatic rings. The fraction of sp³-hybridized carbons (Fsp3) is 0.350. The van der Waals surface area contributed by atoms with Crippen molar-refractivity contribution in [3.05, 3.63) is 53.6 Å². The minimum Gasteiger partial charge on any atom is -0.482 e. The highest BCUT2D eigenvalue weighted by atomic mass is 16.5. The number of anilines is 2. The summed E-state index contributed by atoms with van der Waals surface area (Å²) in [6, 6.07) is 14.3. The zero-order valence-electron chi connectivity index (χ0n) is 14.3. The number of hydrogen-bond acceptors (Lipinski definition) is 3. The molecule has 1 N–H and O–H groups in total. The molecule has 0 aliphatic carbocycles. The third-order valence-corrected chi connectivity index (χ3v) is 4.33. The topological polar surface area (TPSA) is 41.6 Å². The summed E-state index contributed by atoms with van der Waals surface area (Å²) >= 11 is 0. The molecular weight excluding hydrogens is 300 g/mol. The quantitative estimate of drug-likeness (QED) is 0.868. The SMILES string of the molecule is CCCCN1C(=O)COc2cc(CNc3ccccc3C)ccc21. The van der Waals surface area contributed by atoms with Crippen LogP contribution in [0.1, 0.15) is 30.9 Å². The summed E-state index contributed by atoms with van der Waals surface area (Å²) in [5.74, 6) is 0.844. The number of ether oxygens (including phenoxy) is 1. The van der Waals surface area contributed by atoms with Gasteiger partial charge in [0.1, 0.15) is 5.75 Å². The van der Waals surface area contributed by atoms with Gasteiger partial charge in [0.2, 0.25) is 0 Å². The van der Waals surface area contributed by atoms with Crippen LogP contribution in [0.5, 0.6) is 5.75 Å². The molecule has 126 valence electrons. The third kappa shape index (κ3) is 3.53. The Kier molecular flexibility index (Phi) is 5.04. The van der Waals surface area contributed by atoms with Crippen LogP contribution in [0.15, 0.2) is 42.5 Å². The number of carbonyl (C=O) groups excluding carboxylic acids is 1. The van der Waals surface area contributed by atoms with Crippen LogP contribution in [0.2, 0.25) is 0 Å². The molecule has 0 fully saturated rings. The summed E-state index contributed by atoms with van der Waals surface area (Å²) in [4.78, 5) is 13.9. The predicted molar refractivity (Wildman–Crippen MR) is 97.7 cm³/mol. The van der Waals surface area contributed by atoms with Crippen molar-refractivity contribution in [2.45, 2.75) is 33.2 Å². The van der Waals surface area contributed by atoms with E-state index in [9.17, 15) is 4.79 Å². The Hall–Kier alpha value is -2.49. The van der Waals surface area contributed by atoms with E-state index in [0.717, 1.165) is 48.6 Å². The number of nitrogens with zero attached hydrogens (tertiary/aromatic N) is 1. The first kappa shape index (κ1) is 16.4. The van der Waals surface area contributed by atoms with E-state index in [-0.39, 0.29) is 12.5 Å². The number of rotatable bonds is 6. The molecule has 2 aromatic carbocycles. The molecule has 0 bridgehead atoms. The molecule has 4 heteroatoms. The molecular formula is C20H24N2O2. The Labute approximate surface area is 143 Å². The van der Waals surface area contributed by atoms with Gasteiger partial charge in [-0.3, -0.25) is 4.79 Å². The smallest absolute Gasteiger partial charge is 0.265 e. The molecule has 3 rings (SSSR count). The van der Waals surface area contributed by atoms with Crippen LogP contribution in [0.4, 0.5) is 11.4 Å². The summed E-state index contributed by atoms with van der Waals surface area (Å²) in [5.41, 5.74) is 4.39. The van der Waals surface area contributed by atoms with E-state index in [1.54, 1.807) is 0 Å². The van der Waals surface area contributed by atoms with Crippen LogP contribution in [0.25, 0.3) is 0 Å². The Morgan fingerprint density at radius 3 is 2.83 bits per heavy atom. The lowest BCUT2D eigenvalue weighted by Gasteiger charge is -2.29. The fourth-order valence-corrected chi connectivity index (χ4v) is 2.89. The van der Waals surface area contributed by atoms with Crippen molar-refractivity contribution in [2.24, 2.45) is 0 Å². The summed E-state index contributed by atoms with van der Waals surface area (Å²) in [6.45, 7) is 5.84. The molecule has 1 aliphatic heterocycles. The van der Waals surface area contributed by atoms with Crippen LogP contribution >= 0.6 is 0 Å². The first-order valence-electron chi connectivity index (χ1n) is 8.54. The second-order valence-corrected chi connectivity index (χ2v) is 6.16. The minimum atomic E-state index is 0.0433. The van der Waals surface area contributed by atoms with E-state index >= 15 is 0 Å². The predicted octanol–water partition coefficient (Wildman–Crippen LogP) is 4.13. The van der Waals surface area contributed by atoms with Gasteiger partial charge in [0.05, 0.1) is 5.69 Å². The molecule has 1 amide bonds. The number of fused-ring (bicyclic) bond motifs is 1. The van der Waals surface area contributed by atoms with Crippen LogP contribution in [0, 0.1) is 6.92 Å². The number of benzene rings is 2. The summed E-state index contributed by atoms with van der Waals surface area (Å²) in [6.07, 6.45) is 2.07. The highest BCUT2D eigenvalue weighted by molar-refractivity contribution is 5.97.